The zero-order valence-electron chi connectivity index (χ0n) is 19.0. The molecule has 8 heteroatoms. The first-order chi connectivity index (χ1) is 16.6. The second-order valence-electron chi connectivity index (χ2n) is 9.20. The molecule has 3 aromatic rings. The molecular weight excluding hydrogens is 435 g/mol. The molecule has 0 unspecified atom stereocenters. The van der Waals surface area contributed by atoms with Crippen LogP contribution in [0.15, 0.2) is 48.8 Å². The van der Waals surface area contributed by atoms with Gasteiger partial charge in [0.1, 0.15) is 5.82 Å². The molecule has 0 radical (unpaired) electrons. The van der Waals surface area contributed by atoms with E-state index in [9.17, 15) is 9.18 Å². The molecule has 2 fully saturated rings. The van der Waals surface area contributed by atoms with Gasteiger partial charge in [-0.05, 0) is 36.2 Å². The SMILES string of the molecule is Cc1cccc(F)c1-c1cnc(N2CC3(COC3)c3ccc(C(=O)N4CCOCC4)cc32)nc1. The third kappa shape index (κ3) is 3.36. The number of aryl methyl sites for hydroxylation is 1. The summed E-state index contributed by atoms with van der Waals surface area (Å²) in [5.74, 6) is 0.238. The monoisotopic (exact) mass is 460 g/mol. The Balaban J connectivity index is 1.35. The Bertz CT molecular complexity index is 1230. The van der Waals surface area contributed by atoms with E-state index < -0.39 is 0 Å². The number of hydrogen-bond acceptors (Lipinski definition) is 6. The summed E-state index contributed by atoms with van der Waals surface area (Å²) in [4.78, 5) is 26.2. The highest BCUT2D eigenvalue weighted by molar-refractivity contribution is 5.96. The number of carbonyl (C=O) groups is 1. The molecule has 0 saturated carbocycles. The van der Waals surface area contributed by atoms with Gasteiger partial charge < -0.3 is 19.3 Å². The molecule has 2 saturated heterocycles. The summed E-state index contributed by atoms with van der Waals surface area (Å²) in [6.07, 6.45) is 3.33. The summed E-state index contributed by atoms with van der Waals surface area (Å²) < 4.78 is 25.4. The first kappa shape index (κ1) is 21.2. The minimum atomic E-state index is -0.292. The molecule has 1 aromatic heterocycles. The van der Waals surface area contributed by atoms with Crippen molar-refractivity contribution in [1.29, 1.82) is 0 Å². The van der Waals surface area contributed by atoms with Crippen LogP contribution in [0.4, 0.5) is 16.0 Å². The number of ether oxygens (including phenoxy) is 2. The molecular formula is C26H25FN4O3. The number of halogens is 1. The van der Waals surface area contributed by atoms with Crippen molar-refractivity contribution in [2.45, 2.75) is 12.3 Å². The molecule has 0 aliphatic carbocycles. The van der Waals surface area contributed by atoms with Gasteiger partial charge in [-0.1, -0.05) is 18.2 Å². The molecule has 2 aromatic carbocycles. The predicted octanol–water partition coefficient (Wildman–Crippen LogP) is 3.48. The molecule has 3 aliphatic heterocycles. The lowest BCUT2D eigenvalue weighted by Gasteiger charge is -2.38. The van der Waals surface area contributed by atoms with Crippen LogP contribution in [0, 0.1) is 12.7 Å². The van der Waals surface area contributed by atoms with Crippen LogP contribution in [0.2, 0.25) is 0 Å². The third-order valence-corrected chi connectivity index (χ3v) is 7.01. The first-order valence-electron chi connectivity index (χ1n) is 11.5. The van der Waals surface area contributed by atoms with Crippen LogP contribution in [-0.4, -0.2) is 66.8 Å². The summed E-state index contributed by atoms with van der Waals surface area (Å²) in [7, 11) is 0. The van der Waals surface area contributed by atoms with Gasteiger partial charge in [-0.15, -0.1) is 0 Å². The number of nitrogens with zero attached hydrogens (tertiary/aromatic N) is 4. The summed E-state index contributed by atoms with van der Waals surface area (Å²) in [6, 6.07) is 10.9. The van der Waals surface area contributed by atoms with Crippen molar-refractivity contribution in [1.82, 2.24) is 14.9 Å². The normalized spacial score (nSPS) is 18.6. The second-order valence-corrected chi connectivity index (χ2v) is 9.20. The minimum Gasteiger partial charge on any atom is -0.379 e. The third-order valence-electron chi connectivity index (χ3n) is 7.01. The van der Waals surface area contributed by atoms with E-state index in [-0.39, 0.29) is 17.1 Å². The van der Waals surface area contributed by atoms with E-state index in [2.05, 4.69) is 9.97 Å². The van der Waals surface area contributed by atoms with Crippen LogP contribution < -0.4 is 4.90 Å². The number of amides is 1. The van der Waals surface area contributed by atoms with E-state index in [4.69, 9.17) is 9.47 Å². The molecule has 0 atom stereocenters. The average Bonchev–Trinajstić information content (AvgIpc) is 3.20. The highest BCUT2D eigenvalue weighted by atomic mass is 19.1. The number of anilines is 2. The lowest BCUT2D eigenvalue weighted by Crippen LogP contribution is -2.49. The van der Waals surface area contributed by atoms with Crippen molar-refractivity contribution in [2.24, 2.45) is 0 Å². The van der Waals surface area contributed by atoms with Crippen LogP contribution in [0.5, 0.6) is 0 Å². The number of hydrogen-bond donors (Lipinski definition) is 0. The fourth-order valence-electron chi connectivity index (χ4n) is 5.12. The van der Waals surface area contributed by atoms with Gasteiger partial charge in [0.25, 0.3) is 5.91 Å². The summed E-state index contributed by atoms with van der Waals surface area (Å²) in [5, 5.41) is 0. The fourth-order valence-corrected chi connectivity index (χ4v) is 5.12. The van der Waals surface area contributed by atoms with Crippen LogP contribution >= 0.6 is 0 Å². The van der Waals surface area contributed by atoms with Crippen LogP contribution in [0.25, 0.3) is 11.1 Å². The molecule has 1 spiro atoms. The molecule has 3 aliphatic rings. The topological polar surface area (TPSA) is 67.8 Å². The van der Waals surface area contributed by atoms with Gasteiger partial charge in [0.05, 0.1) is 31.8 Å². The maximum absolute atomic E-state index is 14.4. The van der Waals surface area contributed by atoms with E-state index >= 15 is 0 Å². The van der Waals surface area contributed by atoms with Gasteiger partial charge in [0, 0.05) is 54.4 Å². The fraction of sp³-hybridized carbons (Fsp3) is 0.346. The van der Waals surface area contributed by atoms with Gasteiger partial charge in [-0.25, -0.2) is 14.4 Å². The van der Waals surface area contributed by atoms with Crippen LogP contribution in [-0.2, 0) is 14.9 Å². The van der Waals surface area contributed by atoms with Gasteiger partial charge in [-0.2, -0.15) is 0 Å². The maximum Gasteiger partial charge on any atom is 0.254 e. The van der Waals surface area contributed by atoms with Gasteiger partial charge in [0.2, 0.25) is 5.95 Å². The van der Waals surface area contributed by atoms with Crippen molar-refractivity contribution in [3.63, 3.8) is 0 Å². The number of aromatic nitrogens is 2. The van der Waals surface area contributed by atoms with Crippen molar-refractivity contribution < 1.29 is 18.7 Å². The lowest BCUT2D eigenvalue weighted by molar-refractivity contribution is -0.0507. The Hall–Kier alpha value is -3.36. The highest BCUT2D eigenvalue weighted by Crippen LogP contribution is 2.48. The summed E-state index contributed by atoms with van der Waals surface area (Å²) >= 11 is 0. The average molecular weight is 461 g/mol. The summed E-state index contributed by atoms with van der Waals surface area (Å²) in [6.45, 7) is 6.11. The van der Waals surface area contributed by atoms with Crippen molar-refractivity contribution in [3.05, 3.63) is 71.3 Å². The van der Waals surface area contributed by atoms with E-state index in [1.807, 2.05) is 41.0 Å². The molecule has 0 N–H and O–H groups in total. The number of morpholine rings is 1. The molecule has 1 amide bonds. The van der Waals surface area contributed by atoms with Gasteiger partial charge >= 0.3 is 0 Å². The van der Waals surface area contributed by atoms with Gasteiger partial charge in [-0.3, -0.25) is 4.79 Å². The number of rotatable bonds is 3. The summed E-state index contributed by atoms with van der Waals surface area (Å²) in [5.41, 5.74) is 4.57. The number of benzene rings is 2. The number of fused-ring (bicyclic) bond motifs is 2. The zero-order chi connectivity index (χ0) is 23.3. The Kier molecular flexibility index (Phi) is 5.08. The largest absolute Gasteiger partial charge is 0.379 e. The Morgan fingerprint density at radius 1 is 1.06 bits per heavy atom. The second kappa shape index (κ2) is 8.14. The van der Waals surface area contributed by atoms with E-state index in [0.717, 1.165) is 16.8 Å². The minimum absolute atomic E-state index is 0.00292. The highest BCUT2D eigenvalue weighted by Gasteiger charge is 2.49. The van der Waals surface area contributed by atoms with E-state index in [0.29, 0.717) is 68.7 Å². The number of carbonyl (C=O) groups excluding carboxylic acids is 1. The van der Waals surface area contributed by atoms with Crippen molar-refractivity contribution in [2.75, 3.05) is 51.0 Å². The molecule has 0 bridgehead atoms. The van der Waals surface area contributed by atoms with E-state index in [1.54, 1.807) is 18.5 Å². The van der Waals surface area contributed by atoms with Gasteiger partial charge in [0.15, 0.2) is 0 Å². The Labute approximate surface area is 197 Å². The van der Waals surface area contributed by atoms with Crippen LogP contribution in [0.1, 0.15) is 21.5 Å². The molecule has 174 valence electrons. The predicted molar refractivity (Wildman–Crippen MR) is 125 cm³/mol. The molecule has 4 heterocycles. The molecule has 7 nitrogen and oxygen atoms in total. The maximum atomic E-state index is 14.4. The van der Waals surface area contributed by atoms with Crippen molar-refractivity contribution in [3.8, 4) is 11.1 Å². The molecule has 6 rings (SSSR count). The smallest absolute Gasteiger partial charge is 0.254 e. The standard InChI is InChI=1S/C26H25FN4O3/c1-17-3-2-4-21(27)23(17)19-12-28-25(29-13-19)31-14-26(15-34-16-26)20-6-5-18(11-22(20)31)24(32)30-7-9-33-10-8-30/h2-6,11-13H,7-10,14-16H2,1H3. The zero-order valence-corrected chi connectivity index (χ0v) is 19.0. The Morgan fingerprint density at radius 3 is 2.50 bits per heavy atom. The first-order valence-corrected chi connectivity index (χ1v) is 11.5. The molecule has 34 heavy (non-hydrogen) atoms. The lowest BCUT2D eigenvalue weighted by atomic mass is 9.80. The quantitative estimate of drug-likeness (QED) is 0.596. The Morgan fingerprint density at radius 2 is 1.82 bits per heavy atom. The van der Waals surface area contributed by atoms with Crippen LogP contribution in [0.3, 0.4) is 0 Å². The van der Waals surface area contributed by atoms with Crippen molar-refractivity contribution >= 4 is 17.5 Å². The van der Waals surface area contributed by atoms with E-state index in [1.165, 1.54) is 6.07 Å².